The highest BCUT2D eigenvalue weighted by molar-refractivity contribution is 7.91. The highest BCUT2D eigenvalue weighted by Crippen LogP contribution is 2.17. The fourth-order valence-corrected chi connectivity index (χ4v) is 4.47. The number of sulfone groups is 1. The van der Waals surface area contributed by atoms with Gasteiger partial charge in [0.2, 0.25) is 5.91 Å². The maximum absolute atomic E-state index is 12.9. The second-order valence-electron chi connectivity index (χ2n) is 7.15. The van der Waals surface area contributed by atoms with Crippen LogP contribution in [0.15, 0.2) is 53.7 Å². The van der Waals surface area contributed by atoms with Crippen LogP contribution in [0.4, 0.5) is 0 Å². The number of aromatic nitrogens is 1. The minimum Gasteiger partial charge on any atom is -0.376 e. The number of ether oxygens (including phenoxy) is 1. The first-order valence-corrected chi connectivity index (χ1v) is 11.2. The van der Waals surface area contributed by atoms with Crippen molar-refractivity contribution in [3.05, 3.63) is 59.9 Å². The van der Waals surface area contributed by atoms with Crippen molar-refractivity contribution in [2.24, 2.45) is 0 Å². The molecule has 1 atom stereocenters. The summed E-state index contributed by atoms with van der Waals surface area (Å²) in [6, 6.07) is 10.4. The molecule has 0 radical (unpaired) electrons. The molecule has 150 valence electrons. The average molecular weight is 403 g/mol. The van der Waals surface area contributed by atoms with Crippen LogP contribution in [0, 0.1) is 6.92 Å². The molecule has 0 saturated carbocycles. The van der Waals surface area contributed by atoms with Gasteiger partial charge in [0.15, 0.2) is 9.84 Å². The maximum Gasteiger partial charge on any atom is 0.223 e. The lowest BCUT2D eigenvalue weighted by molar-refractivity contribution is -0.133. The van der Waals surface area contributed by atoms with Gasteiger partial charge < -0.3 is 9.64 Å². The zero-order valence-electron chi connectivity index (χ0n) is 16.1. The first-order chi connectivity index (χ1) is 13.4. The fourth-order valence-electron chi connectivity index (χ4n) is 3.24. The van der Waals surface area contributed by atoms with Gasteiger partial charge in [-0.15, -0.1) is 0 Å². The minimum absolute atomic E-state index is 0.00864. The molecule has 1 saturated heterocycles. The molecule has 1 aliphatic rings. The van der Waals surface area contributed by atoms with E-state index in [0.29, 0.717) is 19.7 Å². The Kier molecular flexibility index (Phi) is 6.80. The van der Waals surface area contributed by atoms with E-state index in [4.69, 9.17) is 4.74 Å². The van der Waals surface area contributed by atoms with Crippen LogP contribution in [-0.4, -0.2) is 49.2 Å². The SMILES string of the molecule is Cc1ccc(S(=O)(=O)CCC(=O)N(Cc2cccnc2)CC2CCCO2)cc1. The molecule has 1 aromatic heterocycles. The highest BCUT2D eigenvalue weighted by atomic mass is 32.2. The molecule has 0 bridgehead atoms. The van der Waals surface area contributed by atoms with Gasteiger partial charge in [0.1, 0.15) is 0 Å². The van der Waals surface area contributed by atoms with E-state index in [2.05, 4.69) is 4.98 Å². The standard InChI is InChI=1S/C21H26N2O4S/c1-17-6-8-20(9-7-17)28(25,26)13-10-21(24)23(16-19-5-3-12-27-19)15-18-4-2-11-22-14-18/h2,4,6-9,11,14,19H,3,5,10,12-13,15-16H2,1H3. The number of hydrogen-bond donors (Lipinski definition) is 0. The first kappa shape index (κ1) is 20.5. The average Bonchev–Trinajstić information content (AvgIpc) is 3.20. The summed E-state index contributed by atoms with van der Waals surface area (Å²) in [6.45, 7) is 3.48. The lowest BCUT2D eigenvalue weighted by Crippen LogP contribution is -2.37. The third kappa shape index (κ3) is 5.62. The normalized spacial score (nSPS) is 16.8. The fraction of sp³-hybridized carbons (Fsp3) is 0.429. The highest BCUT2D eigenvalue weighted by Gasteiger charge is 2.24. The predicted octanol–water partition coefficient (Wildman–Crippen LogP) is 2.76. The van der Waals surface area contributed by atoms with Crippen LogP contribution in [0.1, 0.15) is 30.4 Å². The molecule has 0 spiro atoms. The Labute approximate surface area is 166 Å². The Hall–Kier alpha value is -2.25. The Balaban J connectivity index is 1.66. The van der Waals surface area contributed by atoms with Gasteiger partial charge in [-0.25, -0.2) is 8.42 Å². The van der Waals surface area contributed by atoms with Gasteiger partial charge in [-0.3, -0.25) is 9.78 Å². The van der Waals surface area contributed by atoms with E-state index in [1.165, 1.54) is 0 Å². The monoisotopic (exact) mass is 402 g/mol. The third-order valence-electron chi connectivity index (χ3n) is 4.86. The Morgan fingerprint density at radius 1 is 1.25 bits per heavy atom. The van der Waals surface area contributed by atoms with Crippen molar-refractivity contribution in [1.29, 1.82) is 0 Å². The third-order valence-corrected chi connectivity index (χ3v) is 6.59. The molecule has 6 nitrogen and oxygen atoms in total. The minimum atomic E-state index is -3.50. The predicted molar refractivity (Wildman–Crippen MR) is 106 cm³/mol. The van der Waals surface area contributed by atoms with Crippen molar-refractivity contribution in [3.8, 4) is 0 Å². The van der Waals surface area contributed by atoms with Crippen molar-refractivity contribution in [2.75, 3.05) is 18.9 Å². The lowest BCUT2D eigenvalue weighted by atomic mass is 10.2. The number of carbonyl (C=O) groups excluding carboxylic acids is 1. The van der Waals surface area contributed by atoms with Crippen LogP contribution in [-0.2, 0) is 25.9 Å². The summed E-state index contributed by atoms with van der Waals surface area (Å²) in [5.74, 6) is -0.390. The summed E-state index contributed by atoms with van der Waals surface area (Å²) in [5, 5.41) is 0. The van der Waals surface area contributed by atoms with Crippen LogP contribution in [0.5, 0.6) is 0 Å². The molecule has 2 aromatic rings. The number of aryl methyl sites for hydroxylation is 1. The second-order valence-corrected chi connectivity index (χ2v) is 9.26. The number of benzene rings is 1. The molecule has 0 N–H and O–H groups in total. The van der Waals surface area contributed by atoms with Crippen LogP contribution in [0.3, 0.4) is 0 Å². The van der Waals surface area contributed by atoms with Crippen molar-refractivity contribution in [3.63, 3.8) is 0 Å². The van der Waals surface area contributed by atoms with E-state index in [-0.39, 0.29) is 29.1 Å². The van der Waals surface area contributed by atoms with Gasteiger partial charge in [0, 0.05) is 38.5 Å². The quantitative estimate of drug-likeness (QED) is 0.679. The van der Waals surface area contributed by atoms with Crippen molar-refractivity contribution in [2.45, 2.75) is 43.7 Å². The molecule has 0 aliphatic carbocycles. The first-order valence-electron chi connectivity index (χ1n) is 9.52. The van der Waals surface area contributed by atoms with Crippen molar-refractivity contribution >= 4 is 15.7 Å². The number of nitrogens with zero attached hydrogens (tertiary/aromatic N) is 2. The van der Waals surface area contributed by atoms with E-state index >= 15 is 0 Å². The molecule has 1 amide bonds. The zero-order valence-corrected chi connectivity index (χ0v) is 16.9. The van der Waals surface area contributed by atoms with Gasteiger partial charge in [0.05, 0.1) is 16.8 Å². The van der Waals surface area contributed by atoms with Crippen molar-refractivity contribution < 1.29 is 17.9 Å². The molecular weight excluding hydrogens is 376 g/mol. The van der Waals surface area contributed by atoms with Crippen molar-refractivity contribution in [1.82, 2.24) is 9.88 Å². The number of hydrogen-bond acceptors (Lipinski definition) is 5. The van der Waals surface area contributed by atoms with E-state index in [1.807, 2.05) is 19.1 Å². The van der Waals surface area contributed by atoms with Gasteiger partial charge in [-0.2, -0.15) is 0 Å². The summed E-state index contributed by atoms with van der Waals surface area (Å²) < 4.78 is 30.8. The molecule has 1 aromatic carbocycles. The molecule has 3 rings (SSSR count). The molecular formula is C21H26N2O4S. The number of pyridine rings is 1. The molecule has 28 heavy (non-hydrogen) atoms. The largest absolute Gasteiger partial charge is 0.376 e. The molecule has 1 aliphatic heterocycles. The number of carbonyl (C=O) groups is 1. The molecule has 2 heterocycles. The Bertz CT molecular complexity index is 876. The van der Waals surface area contributed by atoms with Gasteiger partial charge in [0.25, 0.3) is 0 Å². The second kappa shape index (κ2) is 9.30. The van der Waals surface area contributed by atoms with Crippen LogP contribution >= 0.6 is 0 Å². The summed E-state index contributed by atoms with van der Waals surface area (Å²) >= 11 is 0. The lowest BCUT2D eigenvalue weighted by Gasteiger charge is -2.25. The summed E-state index contributed by atoms with van der Waals surface area (Å²) in [4.78, 5) is 18.9. The molecule has 7 heteroatoms. The molecule has 1 unspecified atom stereocenters. The number of amides is 1. The zero-order chi connectivity index (χ0) is 20.0. The van der Waals surface area contributed by atoms with E-state index < -0.39 is 9.84 Å². The van der Waals surface area contributed by atoms with Gasteiger partial charge in [-0.1, -0.05) is 23.8 Å². The van der Waals surface area contributed by atoms with Crippen LogP contribution < -0.4 is 0 Å². The maximum atomic E-state index is 12.9. The Morgan fingerprint density at radius 2 is 2.04 bits per heavy atom. The summed E-state index contributed by atoms with van der Waals surface area (Å²) in [7, 11) is -3.50. The van der Waals surface area contributed by atoms with Crippen LogP contribution in [0.2, 0.25) is 0 Å². The smallest absolute Gasteiger partial charge is 0.223 e. The molecule has 1 fully saturated rings. The van der Waals surface area contributed by atoms with Gasteiger partial charge >= 0.3 is 0 Å². The van der Waals surface area contributed by atoms with Gasteiger partial charge in [-0.05, 0) is 43.5 Å². The van der Waals surface area contributed by atoms with E-state index in [0.717, 1.165) is 24.0 Å². The van der Waals surface area contributed by atoms with E-state index in [1.54, 1.807) is 41.6 Å². The topological polar surface area (TPSA) is 76.6 Å². The Morgan fingerprint density at radius 3 is 2.68 bits per heavy atom. The van der Waals surface area contributed by atoms with E-state index in [9.17, 15) is 13.2 Å². The summed E-state index contributed by atoms with van der Waals surface area (Å²) in [5.41, 5.74) is 1.91. The summed E-state index contributed by atoms with van der Waals surface area (Å²) in [6.07, 6.45) is 5.26. The van der Waals surface area contributed by atoms with Crippen LogP contribution in [0.25, 0.3) is 0 Å². The number of rotatable bonds is 8.